The Hall–Kier alpha value is -3.15. The third-order valence-electron chi connectivity index (χ3n) is 3.56. The monoisotopic (exact) mass is 343 g/mol. The van der Waals surface area contributed by atoms with Gasteiger partial charge in [0.2, 0.25) is 0 Å². The van der Waals surface area contributed by atoms with E-state index in [1.807, 2.05) is 30.3 Å². The second kappa shape index (κ2) is 7.61. The minimum atomic E-state index is -2.95. The van der Waals surface area contributed by atoms with Crippen LogP contribution in [0, 0.1) is 0 Å². The van der Waals surface area contributed by atoms with Crippen LogP contribution in [0.2, 0.25) is 0 Å². The van der Waals surface area contributed by atoms with Crippen LogP contribution < -0.4 is 10.1 Å². The first kappa shape index (κ1) is 16.7. The summed E-state index contributed by atoms with van der Waals surface area (Å²) in [5.74, 6) is 0.0708. The summed E-state index contributed by atoms with van der Waals surface area (Å²) in [5.41, 5.74) is 1.05. The van der Waals surface area contributed by atoms with Crippen molar-refractivity contribution in [3.05, 3.63) is 89.9 Å². The molecule has 128 valence electrons. The molecule has 1 heterocycles. The molecular formula is C19H15F2NO3. The molecule has 0 bridgehead atoms. The van der Waals surface area contributed by atoms with Gasteiger partial charge in [0, 0.05) is 5.56 Å². The highest BCUT2D eigenvalue weighted by molar-refractivity contribution is 5.95. The van der Waals surface area contributed by atoms with Crippen molar-refractivity contribution in [1.29, 1.82) is 0 Å². The van der Waals surface area contributed by atoms with Gasteiger partial charge in [0.15, 0.2) is 0 Å². The van der Waals surface area contributed by atoms with E-state index < -0.39 is 18.6 Å². The molecule has 1 N–H and O–H groups in total. The van der Waals surface area contributed by atoms with Gasteiger partial charge in [-0.2, -0.15) is 8.78 Å². The minimum absolute atomic E-state index is 0.0723. The van der Waals surface area contributed by atoms with Crippen LogP contribution in [-0.4, -0.2) is 12.5 Å². The molecule has 0 saturated heterocycles. The highest BCUT2D eigenvalue weighted by Crippen LogP contribution is 2.23. The number of carbonyl (C=O) groups excluding carboxylic acids is 1. The first-order valence-corrected chi connectivity index (χ1v) is 7.57. The lowest BCUT2D eigenvalue weighted by Crippen LogP contribution is -2.29. The minimum Gasteiger partial charge on any atom is -0.467 e. The van der Waals surface area contributed by atoms with E-state index in [9.17, 15) is 13.6 Å². The summed E-state index contributed by atoms with van der Waals surface area (Å²) in [4.78, 5) is 12.6. The Labute approximate surface area is 143 Å². The van der Waals surface area contributed by atoms with Crippen LogP contribution in [-0.2, 0) is 0 Å². The molecule has 0 aliphatic rings. The molecule has 4 nitrogen and oxygen atoms in total. The summed E-state index contributed by atoms with van der Waals surface area (Å²) in [7, 11) is 0. The number of benzene rings is 2. The van der Waals surface area contributed by atoms with Crippen LogP contribution >= 0.6 is 0 Å². The fraction of sp³-hybridized carbons (Fsp3) is 0.105. The molecule has 25 heavy (non-hydrogen) atoms. The number of alkyl halides is 2. The molecule has 1 aromatic heterocycles. The van der Waals surface area contributed by atoms with E-state index >= 15 is 0 Å². The van der Waals surface area contributed by atoms with Gasteiger partial charge in [-0.3, -0.25) is 4.79 Å². The Morgan fingerprint density at radius 3 is 2.48 bits per heavy atom. The quantitative estimate of drug-likeness (QED) is 0.722. The number of hydrogen-bond donors (Lipinski definition) is 1. The maximum atomic E-state index is 12.6. The molecule has 1 amide bonds. The normalized spacial score (nSPS) is 12.0. The summed E-state index contributed by atoms with van der Waals surface area (Å²) in [6, 6.07) is 17.9. The SMILES string of the molecule is O=C(N[C@@H](c1ccccc1)c1ccco1)c1cccc(OC(F)F)c1. The molecule has 0 aliphatic heterocycles. The highest BCUT2D eigenvalue weighted by atomic mass is 19.3. The van der Waals surface area contributed by atoms with Crippen LogP contribution in [0.4, 0.5) is 8.78 Å². The largest absolute Gasteiger partial charge is 0.467 e. The number of rotatable bonds is 6. The van der Waals surface area contributed by atoms with E-state index in [-0.39, 0.29) is 11.3 Å². The topological polar surface area (TPSA) is 51.5 Å². The van der Waals surface area contributed by atoms with Crippen molar-refractivity contribution in [3.63, 3.8) is 0 Å². The van der Waals surface area contributed by atoms with Crippen molar-refractivity contribution in [3.8, 4) is 5.75 Å². The molecule has 0 saturated carbocycles. The Kier molecular flexibility index (Phi) is 5.09. The molecule has 0 fully saturated rings. The number of hydrogen-bond acceptors (Lipinski definition) is 3. The lowest BCUT2D eigenvalue weighted by molar-refractivity contribution is -0.0498. The van der Waals surface area contributed by atoms with Gasteiger partial charge in [-0.05, 0) is 35.9 Å². The lowest BCUT2D eigenvalue weighted by atomic mass is 10.0. The van der Waals surface area contributed by atoms with Crippen molar-refractivity contribution in [2.24, 2.45) is 0 Å². The van der Waals surface area contributed by atoms with Crippen molar-refractivity contribution < 1.29 is 22.7 Å². The second-order valence-corrected chi connectivity index (χ2v) is 5.24. The fourth-order valence-corrected chi connectivity index (χ4v) is 2.45. The number of carbonyl (C=O) groups is 1. The number of halogens is 2. The number of amides is 1. The zero-order chi connectivity index (χ0) is 17.6. The first-order valence-electron chi connectivity index (χ1n) is 7.57. The zero-order valence-corrected chi connectivity index (χ0v) is 13.1. The van der Waals surface area contributed by atoms with Gasteiger partial charge in [-0.1, -0.05) is 36.4 Å². The first-order chi connectivity index (χ1) is 12.1. The van der Waals surface area contributed by atoms with Crippen molar-refractivity contribution in [2.45, 2.75) is 12.7 Å². The van der Waals surface area contributed by atoms with Crippen LogP contribution in [0.25, 0.3) is 0 Å². The van der Waals surface area contributed by atoms with E-state index in [1.165, 1.54) is 30.5 Å². The maximum Gasteiger partial charge on any atom is 0.387 e. The molecule has 2 aromatic carbocycles. The standard InChI is InChI=1S/C19H15F2NO3/c20-19(21)25-15-9-4-8-14(12-15)18(23)22-17(16-10-5-11-24-16)13-6-2-1-3-7-13/h1-12,17,19H,(H,22,23)/t17-/m0/s1. The molecule has 3 rings (SSSR count). The van der Waals surface area contributed by atoms with E-state index in [4.69, 9.17) is 4.42 Å². The van der Waals surface area contributed by atoms with Gasteiger partial charge in [0.25, 0.3) is 5.91 Å². The van der Waals surface area contributed by atoms with Crippen LogP contribution in [0.15, 0.2) is 77.4 Å². The number of nitrogens with one attached hydrogen (secondary N) is 1. The van der Waals surface area contributed by atoms with Crippen LogP contribution in [0.1, 0.15) is 27.7 Å². The highest BCUT2D eigenvalue weighted by Gasteiger charge is 2.20. The van der Waals surface area contributed by atoms with E-state index in [0.29, 0.717) is 5.76 Å². The fourth-order valence-electron chi connectivity index (χ4n) is 2.45. The van der Waals surface area contributed by atoms with Crippen LogP contribution in [0.3, 0.4) is 0 Å². The molecule has 0 unspecified atom stereocenters. The summed E-state index contributed by atoms with van der Waals surface area (Å²) < 4.78 is 34.4. The van der Waals surface area contributed by atoms with Crippen molar-refractivity contribution >= 4 is 5.91 Å². The summed E-state index contributed by atoms with van der Waals surface area (Å²) >= 11 is 0. The summed E-state index contributed by atoms with van der Waals surface area (Å²) in [6.45, 7) is -2.95. The van der Waals surface area contributed by atoms with Crippen molar-refractivity contribution in [2.75, 3.05) is 0 Å². The summed E-state index contributed by atoms with van der Waals surface area (Å²) in [6.07, 6.45) is 1.52. The second-order valence-electron chi connectivity index (χ2n) is 5.24. The Morgan fingerprint density at radius 1 is 1.00 bits per heavy atom. The number of ether oxygens (including phenoxy) is 1. The summed E-state index contributed by atoms with van der Waals surface area (Å²) in [5, 5.41) is 2.86. The molecule has 3 aromatic rings. The third-order valence-corrected chi connectivity index (χ3v) is 3.56. The molecule has 1 atom stereocenters. The van der Waals surface area contributed by atoms with Crippen molar-refractivity contribution in [1.82, 2.24) is 5.32 Å². The van der Waals surface area contributed by atoms with Gasteiger partial charge < -0.3 is 14.5 Å². The van der Waals surface area contributed by atoms with Gasteiger partial charge in [-0.25, -0.2) is 0 Å². The van der Waals surface area contributed by atoms with Gasteiger partial charge >= 0.3 is 6.61 Å². The van der Waals surface area contributed by atoms with Gasteiger partial charge in [0.1, 0.15) is 17.6 Å². The third kappa shape index (κ3) is 4.23. The Bertz CT molecular complexity index is 820. The van der Waals surface area contributed by atoms with Crippen LogP contribution in [0.5, 0.6) is 5.75 Å². The average molecular weight is 343 g/mol. The lowest BCUT2D eigenvalue weighted by Gasteiger charge is -2.17. The van der Waals surface area contributed by atoms with E-state index in [1.54, 1.807) is 12.1 Å². The molecule has 6 heteroatoms. The van der Waals surface area contributed by atoms with Gasteiger partial charge in [0.05, 0.1) is 6.26 Å². The molecule has 0 aliphatic carbocycles. The van der Waals surface area contributed by atoms with Gasteiger partial charge in [-0.15, -0.1) is 0 Å². The smallest absolute Gasteiger partial charge is 0.387 e. The van der Waals surface area contributed by atoms with E-state index in [0.717, 1.165) is 5.56 Å². The Balaban J connectivity index is 1.84. The zero-order valence-electron chi connectivity index (χ0n) is 13.1. The maximum absolute atomic E-state index is 12.6. The predicted molar refractivity (Wildman–Crippen MR) is 87.5 cm³/mol. The molecule has 0 spiro atoms. The van der Waals surface area contributed by atoms with E-state index in [2.05, 4.69) is 10.1 Å². The Morgan fingerprint density at radius 2 is 1.80 bits per heavy atom. The molecule has 0 radical (unpaired) electrons. The molecular weight excluding hydrogens is 328 g/mol. The average Bonchev–Trinajstić information content (AvgIpc) is 3.14. The number of furan rings is 1. The predicted octanol–water partition coefficient (Wildman–Crippen LogP) is 4.40.